The van der Waals surface area contributed by atoms with Gasteiger partial charge in [0.05, 0.1) is 20.1 Å². The van der Waals surface area contributed by atoms with E-state index in [1.807, 2.05) is 54.6 Å². The second-order valence-corrected chi connectivity index (χ2v) is 4.47. The lowest BCUT2D eigenvalue weighted by Gasteiger charge is -2.03. The maximum Gasteiger partial charge on any atom is 0.225 e. The van der Waals surface area contributed by atoms with Crippen LogP contribution in [-0.2, 0) is 11.2 Å². The van der Waals surface area contributed by atoms with Crippen molar-refractivity contribution in [1.29, 1.82) is 0 Å². The van der Waals surface area contributed by atoms with E-state index in [2.05, 4.69) is 17.2 Å². The Balaban J connectivity index is 1.78. The molecule has 0 saturated heterocycles. The van der Waals surface area contributed by atoms with E-state index in [0.717, 1.165) is 16.9 Å². The summed E-state index contributed by atoms with van der Waals surface area (Å²) in [5, 5.41) is 2.79. The van der Waals surface area contributed by atoms with Crippen molar-refractivity contribution in [3.8, 4) is 17.6 Å². The van der Waals surface area contributed by atoms with Gasteiger partial charge in [0.2, 0.25) is 5.91 Å². The third-order valence-electron chi connectivity index (χ3n) is 2.90. The van der Waals surface area contributed by atoms with E-state index < -0.39 is 0 Å². The summed E-state index contributed by atoms with van der Waals surface area (Å²) < 4.78 is 5.08. The molecule has 0 bridgehead atoms. The number of hydrogen-bond donors (Lipinski definition) is 1. The first-order chi connectivity index (χ1) is 10.3. The molecule has 0 aromatic heterocycles. The van der Waals surface area contributed by atoms with E-state index in [1.54, 1.807) is 7.11 Å². The molecule has 2 aromatic carbocycles. The molecule has 1 N–H and O–H groups in total. The van der Waals surface area contributed by atoms with Crippen molar-refractivity contribution in [2.24, 2.45) is 0 Å². The smallest absolute Gasteiger partial charge is 0.225 e. The van der Waals surface area contributed by atoms with E-state index in [-0.39, 0.29) is 5.91 Å². The second-order valence-electron chi connectivity index (χ2n) is 4.47. The molecule has 21 heavy (non-hydrogen) atoms. The zero-order chi connectivity index (χ0) is 14.9. The summed E-state index contributed by atoms with van der Waals surface area (Å²) in [6.07, 6.45) is 0.344. The first-order valence-electron chi connectivity index (χ1n) is 6.71. The van der Waals surface area contributed by atoms with Crippen LogP contribution in [0.4, 0.5) is 0 Å². The van der Waals surface area contributed by atoms with Crippen LogP contribution in [0.2, 0.25) is 0 Å². The van der Waals surface area contributed by atoms with Gasteiger partial charge in [0, 0.05) is 5.56 Å². The van der Waals surface area contributed by atoms with Gasteiger partial charge >= 0.3 is 0 Å². The van der Waals surface area contributed by atoms with Crippen LogP contribution >= 0.6 is 0 Å². The van der Waals surface area contributed by atoms with Crippen molar-refractivity contribution < 1.29 is 9.53 Å². The van der Waals surface area contributed by atoms with Crippen molar-refractivity contribution in [2.45, 2.75) is 6.42 Å². The topological polar surface area (TPSA) is 38.3 Å². The number of carbonyl (C=O) groups is 1. The normalized spacial score (nSPS) is 9.38. The lowest BCUT2D eigenvalue weighted by Crippen LogP contribution is -2.25. The first-order valence-corrected chi connectivity index (χ1v) is 6.71. The number of methoxy groups -OCH3 is 1. The molecule has 0 fully saturated rings. The van der Waals surface area contributed by atoms with Gasteiger partial charge in [-0.3, -0.25) is 4.79 Å². The Hall–Kier alpha value is -2.73. The molecule has 0 unspecified atom stereocenters. The van der Waals surface area contributed by atoms with Gasteiger partial charge < -0.3 is 10.1 Å². The highest BCUT2D eigenvalue weighted by molar-refractivity contribution is 5.78. The van der Waals surface area contributed by atoms with Gasteiger partial charge in [-0.25, -0.2) is 0 Å². The van der Waals surface area contributed by atoms with Gasteiger partial charge in [0.15, 0.2) is 0 Å². The summed E-state index contributed by atoms with van der Waals surface area (Å²) in [6, 6.07) is 17.1. The van der Waals surface area contributed by atoms with Crippen LogP contribution in [0.25, 0.3) is 0 Å². The van der Waals surface area contributed by atoms with Crippen molar-refractivity contribution >= 4 is 5.91 Å². The zero-order valence-corrected chi connectivity index (χ0v) is 11.9. The van der Waals surface area contributed by atoms with Crippen molar-refractivity contribution in [3.05, 3.63) is 65.7 Å². The van der Waals surface area contributed by atoms with Crippen molar-refractivity contribution in [2.75, 3.05) is 13.7 Å². The first kappa shape index (κ1) is 14.7. The molecule has 2 rings (SSSR count). The summed E-state index contributed by atoms with van der Waals surface area (Å²) in [4.78, 5) is 11.8. The Morgan fingerprint density at radius 1 is 1.10 bits per heavy atom. The fourth-order valence-electron chi connectivity index (χ4n) is 1.80. The minimum Gasteiger partial charge on any atom is -0.497 e. The van der Waals surface area contributed by atoms with E-state index in [9.17, 15) is 4.79 Å². The third-order valence-corrected chi connectivity index (χ3v) is 2.90. The molecule has 0 atom stereocenters. The molecule has 3 nitrogen and oxygen atoms in total. The van der Waals surface area contributed by atoms with Gasteiger partial charge in [0.25, 0.3) is 0 Å². The molecule has 3 heteroatoms. The minimum atomic E-state index is -0.0393. The van der Waals surface area contributed by atoms with E-state index in [0.29, 0.717) is 13.0 Å². The fourth-order valence-corrected chi connectivity index (χ4v) is 1.80. The zero-order valence-electron chi connectivity index (χ0n) is 11.9. The second kappa shape index (κ2) is 7.76. The van der Waals surface area contributed by atoms with E-state index in [1.165, 1.54) is 0 Å². The molecule has 0 radical (unpaired) electrons. The lowest BCUT2D eigenvalue weighted by atomic mass is 10.1. The summed E-state index contributed by atoms with van der Waals surface area (Å²) in [7, 11) is 1.62. The fraction of sp³-hybridized carbons (Fsp3) is 0.167. The van der Waals surface area contributed by atoms with Gasteiger partial charge in [0.1, 0.15) is 5.75 Å². The quantitative estimate of drug-likeness (QED) is 0.873. The van der Waals surface area contributed by atoms with Gasteiger partial charge in [-0.05, 0) is 29.8 Å². The average Bonchev–Trinajstić information content (AvgIpc) is 2.53. The van der Waals surface area contributed by atoms with Gasteiger partial charge in [-0.15, -0.1) is 0 Å². The largest absolute Gasteiger partial charge is 0.497 e. The van der Waals surface area contributed by atoms with Crippen LogP contribution in [-0.4, -0.2) is 19.6 Å². The maximum atomic E-state index is 11.8. The number of carbonyl (C=O) groups excluding carboxylic acids is 1. The molecule has 2 aromatic rings. The highest BCUT2D eigenvalue weighted by atomic mass is 16.5. The minimum absolute atomic E-state index is 0.0393. The Labute approximate surface area is 125 Å². The Bertz CT molecular complexity index is 636. The number of amides is 1. The molecule has 0 aliphatic heterocycles. The van der Waals surface area contributed by atoms with Crippen molar-refractivity contribution in [1.82, 2.24) is 5.32 Å². The van der Waals surface area contributed by atoms with Crippen LogP contribution in [0.3, 0.4) is 0 Å². The Morgan fingerprint density at radius 2 is 1.81 bits per heavy atom. The average molecular weight is 279 g/mol. The SMILES string of the molecule is COc1ccc(CC(=O)NCC#Cc2ccccc2)cc1. The third kappa shape index (κ3) is 5.04. The summed E-state index contributed by atoms with van der Waals surface area (Å²) >= 11 is 0. The molecule has 0 spiro atoms. The van der Waals surface area contributed by atoms with Crippen LogP contribution in [0, 0.1) is 11.8 Å². The van der Waals surface area contributed by atoms with Gasteiger partial charge in [-0.1, -0.05) is 42.2 Å². The Kier molecular flexibility index (Phi) is 5.42. The number of rotatable bonds is 4. The molecular formula is C18H17NO2. The highest BCUT2D eigenvalue weighted by Crippen LogP contribution is 2.11. The molecule has 0 saturated carbocycles. The van der Waals surface area contributed by atoms with E-state index >= 15 is 0 Å². The maximum absolute atomic E-state index is 11.8. The van der Waals surface area contributed by atoms with Crippen LogP contribution in [0.1, 0.15) is 11.1 Å². The number of benzene rings is 2. The van der Waals surface area contributed by atoms with Crippen LogP contribution in [0.15, 0.2) is 54.6 Å². The summed E-state index contributed by atoms with van der Waals surface area (Å²) in [5.74, 6) is 6.68. The number of nitrogens with one attached hydrogen (secondary N) is 1. The molecule has 0 heterocycles. The molecule has 106 valence electrons. The lowest BCUT2D eigenvalue weighted by molar-refractivity contribution is -0.120. The summed E-state index contributed by atoms with van der Waals surface area (Å²) in [6.45, 7) is 0.351. The molecule has 1 amide bonds. The predicted molar refractivity (Wildman–Crippen MR) is 83.0 cm³/mol. The van der Waals surface area contributed by atoms with E-state index in [4.69, 9.17) is 4.74 Å². The standard InChI is InChI=1S/C18H17NO2/c1-21-17-11-9-16(10-12-17)14-18(20)19-13-5-8-15-6-3-2-4-7-15/h2-4,6-7,9-12H,13-14H2,1H3,(H,19,20). The van der Waals surface area contributed by atoms with Gasteiger partial charge in [-0.2, -0.15) is 0 Å². The predicted octanol–water partition coefficient (Wildman–Crippen LogP) is 2.41. The van der Waals surface area contributed by atoms with Crippen LogP contribution < -0.4 is 10.1 Å². The summed E-state index contributed by atoms with van der Waals surface area (Å²) in [5.41, 5.74) is 1.89. The monoisotopic (exact) mass is 279 g/mol. The molecular weight excluding hydrogens is 262 g/mol. The van der Waals surface area contributed by atoms with Crippen molar-refractivity contribution in [3.63, 3.8) is 0 Å². The number of ether oxygens (including phenoxy) is 1. The number of hydrogen-bond acceptors (Lipinski definition) is 2. The highest BCUT2D eigenvalue weighted by Gasteiger charge is 2.02. The molecule has 0 aliphatic rings. The van der Waals surface area contributed by atoms with Crippen LogP contribution in [0.5, 0.6) is 5.75 Å². The molecule has 0 aliphatic carbocycles. The Morgan fingerprint density at radius 3 is 2.48 bits per heavy atom.